The maximum absolute atomic E-state index is 12.3. The highest BCUT2D eigenvalue weighted by molar-refractivity contribution is 5.56. The molecule has 4 heterocycles. The van der Waals surface area contributed by atoms with Gasteiger partial charge in [0.2, 0.25) is 0 Å². The van der Waals surface area contributed by atoms with Gasteiger partial charge in [-0.1, -0.05) is 24.3 Å². The van der Waals surface area contributed by atoms with Gasteiger partial charge in [0.25, 0.3) is 5.56 Å². The molecule has 0 N–H and O–H groups in total. The van der Waals surface area contributed by atoms with Crippen LogP contribution in [0.4, 0.5) is 0 Å². The van der Waals surface area contributed by atoms with Gasteiger partial charge >= 0.3 is 0 Å². The summed E-state index contributed by atoms with van der Waals surface area (Å²) in [4.78, 5) is 18.8. The number of ether oxygens (including phenoxy) is 1. The molecule has 1 unspecified atom stereocenters. The summed E-state index contributed by atoms with van der Waals surface area (Å²) >= 11 is 0. The molecular formula is C23H24N4O2. The van der Waals surface area contributed by atoms with Crippen molar-refractivity contribution in [1.82, 2.24) is 19.7 Å². The number of likely N-dealkylation sites (tertiary alicyclic amines) is 1. The van der Waals surface area contributed by atoms with E-state index >= 15 is 0 Å². The van der Waals surface area contributed by atoms with Crippen LogP contribution in [0.5, 0.6) is 0 Å². The summed E-state index contributed by atoms with van der Waals surface area (Å²) in [5.41, 5.74) is 4.37. The van der Waals surface area contributed by atoms with Crippen molar-refractivity contribution in [1.29, 1.82) is 0 Å². The predicted molar refractivity (Wildman–Crippen MR) is 110 cm³/mol. The van der Waals surface area contributed by atoms with Crippen LogP contribution in [-0.4, -0.2) is 45.9 Å². The van der Waals surface area contributed by atoms with E-state index in [9.17, 15) is 4.79 Å². The Bertz CT molecular complexity index is 1040. The molecule has 2 aromatic heterocycles. The molecule has 2 aliphatic rings. The van der Waals surface area contributed by atoms with Gasteiger partial charge in [0.05, 0.1) is 24.9 Å². The lowest BCUT2D eigenvalue weighted by atomic mass is 9.94. The maximum Gasteiger partial charge on any atom is 0.266 e. The zero-order valence-corrected chi connectivity index (χ0v) is 16.3. The molecule has 1 fully saturated rings. The number of pyridine rings is 1. The minimum atomic E-state index is -0.0550. The van der Waals surface area contributed by atoms with Crippen LogP contribution in [0, 0.1) is 5.92 Å². The fourth-order valence-corrected chi connectivity index (χ4v) is 4.30. The molecule has 0 saturated carbocycles. The fraction of sp³-hybridized carbons (Fsp3) is 0.348. The average Bonchev–Trinajstić information content (AvgIpc) is 2.74. The normalized spacial score (nSPS) is 19.5. The summed E-state index contributed by atoms with van der Waals surface area (Å²) in [6.45, 7) is 4.27. The quantitative estimate of drug-likeness (QED) is 0.672. The summed E-state index contributed by atoms with van der Waals surface area (Å²) in [5.74, 6) is 0.434. The topological polar surface area (TPSA) is 60.2 Å². The number of fused-ring (bicyclic) bond motifs is 1. The number of benzene rings is 1. The van der Waals surface area contributed by atoms with Crippen molar-refractivity contribution in [3.8, 4) is 11.3 Å². The average molecular weight is 388 g/mol. The van der Waals surface area contributed by atoms with E-state index in [4.69, 9.17) is 4.74 Å². The fourth-order valence-electron chi connectivity index (χ4n) is 4.30. The van der Waals surface area contributed by atoms with Crippen LogP contribution in [0.3, 0.4) is 0 Å². The molecule has 5 rings (SSSR count). The van der Waals surface area contributed by atoms with Crippen molar-refractivity contribution in [3.05, 3.63) is 82.4 Å². The second-order valence-corrected chi connectivity index (χ2v) is 7.87. The monoisotopic (exact) mass is 388 g/mol. The summed E-state index contributed by atoms with van der Waals surface area (Å²) < 4.78 is 7.63. The molecule has 6 nitrogen and oxygen atoms in total. The van der Waals surface area contributed by atoms with Gasteiger partial charge in [-0.25, -0.2) is 4.68 Å². The predicted octanol–water partition coefficient (Wildman–Crippen LogP) is 2.55. The van der Waals surface area contributed by atoms with Gasteiger partial charge in [0.1, 0.15) is 0 Å². The standard InChI is InChI=1S/C23H24N4O2/c28-23-8-7-21(19-5-3-10-24-12-19)25-27(23)15-17-13-26(14-17)16-22-20-6-2-1-4-18(20)9-11-29-22/h1-8,10,12,17,22H,9,11,13-16H2. The van der Waals surface area contributed by atoms with E-state index in [-0.39, 0.29) is 11.7 Å². The van der Waals surface area contributed by atoms with Crippen LogP contribution in [0.1, 0.15) is 17.2 Å². The molecule has 0 bridgehead atoms. The van der Waals surface area contributed by atoms with Crippen molar-refractivity contribution >= 4 is 0 Å². The number of rotatable bonds is 5. The number of hydrogen-bond donors (Lipinski definition) is 0. The van der Waals surface area contributed by atoms with E-state index in [1.54, 1.807) is 29.2 Å². The van der Waals surface area contributed by atoms with Crippen LogP contribution in [-0.2, 0) is 17.7 Å². The summed E-state index contributed by atoms with van der Waals surface area (Å²) in [6.07, 6.45) is 4.65. The Hall–Kier alpha value is -2.83. The largest absolute Gasteiger partial charge is 0.372 e. The Kier molecular flexibility index (Phi) is 4.96. The lowest BCUT2D eigenvalue weighted by Gasteiger charge is -2.42. The van der Waals surface area contributed by atoms with Gasteiger partial charge < -0.3 is 4.74 Å². The van der Waals surface area contributed by atoms with E-state index in [1.807, 2.05) is 12.1 Å². The maximum atomic E-state index is 12.3. The third-order valence-electron chi connectivity index (χ3n) is 5.80. The lowest BCUT2D eigenvalue weighted by Crippen LogP contribution is -2.51. The molecule has 1 aromatic carbocycles. The third kappa shape index (κ3) is 3.86. The highest BCUT2D eigenvalue weighted by Gasteiger charge is 2.31. The third-order valence-corrected chi connectivity index (χ3v) is 5.80. The summed E-state index contributed by atoms with van der Waals surface area (Å²) in [6, 6.07) is 15.8. The zero-order chi connectivity index (χ0) is 19.6. The van der Waals surface area contributed by atoms with Gasteiger partial charge in [-0.05, 0) is 35.7 Å². The van der Waals surface area contributed by atoms with E-state index in [1.165, 1.54) is 11.1 Å². The molecule has 2 aliphatic heterocycles. The smallest absolute Gasteiger partial charge is 0.266 e. The van der Waals surface area contributed by atoms with E-state index < -0.39 is 0 Å². The van der Waals surface area contributed by atoms with Crippen LogP contribution in [0.2, 0.25) is 0 Å². The molecule has 0 aliphatic carbocycles. The highest BCUT2D eigenvalue weighted by atomic mass is 16.5. The first kappa shape index (κ1) is 18.2. The zero-order valence-electron chi connectivity index (χ0n) is 16.3. The second kappa shape index (κ2) is 7.89. The van der Waals surface area contributed by atoms with Crippen LogP contribution < -0.4 is 5.56 Å². The van der Waals surface area contributed by atoms with Crippen molar-refractivity contribution in [2.24, 2.45) is 5.92 Å². The Morgan fingerprint density at radius 2 is 1.93 bits per heavy atom. The van der Waals surface area contributed by atoms with Crippen molar-refractivity contribution in [3.63, 3.8) is 0 Å². The number of hydrogen-bond acceptors (Lipinski definition) is 5. The second-order valence-electron chi connectivity index (χ2n) is 7.87. The van der Waals surface area contributed by atoms with Crippen molar-refractivity contribution in [2.45, 2.75) is 19.1 Å². The lowest BCUT2D eigenvalue weighted by molar-refractivity contribution is -0.0176. The molecule has 3 aromatic rings. The van der Waals surface area contributed by atoms with Crippen molar-refractivity contribution in [2.75, 3.05) is 26.2 Å². The van der Waals surface area contributed by atoms with Crippen LogP contribution in [0.15, 0.2) is 65.7 Å². The Morgan fingerprint density at radius 1 is 1.03 bits per heavy atom. The molecule has 0 radical (unpaired) electrons. The molecule has 148 valence electrons. The van der Waals surface area contributed by atoms with Crippen LogP contribution >= 0.6 is 0 Å². The van der Waals surface area contributed by atoms with Gasteiger partial charge in [-0.2, -0.15) is 5.10 Å². The molecule has 29 heavy (non-hydrogen) atoms. The Balaban J connectivity index is 1.21. The minimum absolute atomic E-state index is 0.0550. The minimum Gasteiger partial charge on any atom is -0.372 e. The molecule has 6 heteroatoms. The molecular weight excluding hydrogens is 364 g/mol. The first-order valence-electron chi connectivity index (χ1n) is 10.2. The van der Waals surface area contributed by atoms with E-state index in [0.717, 1.165) is 43.9 Å². The van der Waals surface area contributed by atoms with Gasteiger partial charge in [0.15, 0.2) is 0 Å². The van der Waals surface area contributed by atoms with Crippen LogP contribution in [0.25, 0.3) is 11.3 Å². The van der Waals surface area contributed by atoms with E-state index in [0.29, 0.717) is 12.5 Å². The van der Waals surface area contributed by atoms with Gasteiger partial charge in [-0.15, -0.1) is 0 Å². The Morgan fingerprint density at radius 3 is 2.79 bits per heavy atom. The van der Waals surface area contributed by atoms with Gasteiger partial charge in [0, 0.05) is 49.6 Å². The SMILES string of the molecule is O=c1ccc(-c2cccnc2)nn1CC1CN(CC2OCCc3ccccc32)C1. The first-order valence-corrected chi connectivity index (χ1v) is 10.2. The summed E-state index contributed by atoms with van der Waals surface area (Å²) in [7, 11) is 0. The van der Waals surface area contributed by atoms with Gasteiger partial charge in [-0.3, -0.25) is 14.7 Å². The number of nitrogens with zero attached hydrogens (tertiary/aromatic N) is 4. The molecule has 1 atom stereocenters. The highest BCUT2D eigenvalue weighted by Crippen LogP contribution is 2.30. The first-order chi connectivity index (χ1) is 14.3. The summed E-state index contributed by atoms with van der Waals surface area (Å²) in [5, 5.41) is 4.56. The number of aromatic nitrogens is 3. The molecule has 1 saturated heterocycles. The van der Waals surface area contributed by atoms with E-state index in [2.05, 4.69) is 39.2 Å². The van der Waals surface area contributed by atoms with Crippen molar-refractivity contribution < 1.29 is 4.74 Å². The molecule has 0 spiro atoms. The Labute approximate surface area is 169 Å². The molecule has 0 amide bonds.